The Balaban J connectivity index is 1.41. The van der Waals surface area contributed by atoms with Gasteiger partial charge in [0, 0.05) is 29.9 Å². The number of tetrazole rings is 1. The lowest BCUT2D eigenvalue weighted by molar-refractivity contribution is 0.233. The number of aromatic amines is 1. The van der Waals surface area contributed by atoms with Crippen LogP contribution >= 0.6 is 22.9 Å². The van der Waals surface area contributed by atoms with Gasteiger partial charge in [-0.25, -0.2) is 9.97 Å². The third-order valence-electron chi connectivity index (χ3n) is 5.81. The van der Waals surface area contributed by atoms with Crippen LogP contribution in [0, 0.1) is 6.92 Å². The molecule has 0 amide bonds. The number of hydrogen-bond acceptors (Lipinski definition) is 7. The molecule has 9 heteroatoms. The highest BCUT2D eigenvalue weighted by molar-refractivity contribution is 7.18. The average molecular weight is 467 g/mol. The first-order chi connectivity index (χ1) is 15.5. The number of fused-ring (bicyclic) bond motifs is 1. The summed E-state index contributed by atoms with van der Waals surface area (Å²) in [6.07, 6.45) is 6.68. The zero-order valence-electron chi connectivity index (χ0n) is 18.1. The van der Waals surface area contributed by atoms with Gasteiger partial charge in [0.2, 0.25) is 5.88 Å². The van der Waals surface area contributed by atoms with Gasteiger partial charge in [-0.05, 0) is 62.3 Å². The van der Waals surface area contributed by atoms with Crippen molar-refractivity contribution in [3.63, 3.8) is 0 Å². The van der Waals surface area contributed by atoms with Gasteiger partial charge in [0.15, 0.2) is 5.82 Å². The highest BCUT2D eigenvalue weighted by Crippen LogP contribution is 2.42. The summed E-state index contributed by atoms with van der Waals surface area (Å²) in [5.74, 6) is 1.66. The lowest BCUT2D eigenvalue weighted by Crippen LogP contribution is -2.07. The first-order valence-corrected chi connectivity index (χ1v) is 11.8. The lowest BCUT2D eigenvalue weighted by atomic mass is 9.94. The van der Waals surface area contributed by atoms with Gasteiger partial charge >= 0.3 is 0 Å². The average Bonchev–Trinajstić information content (AvgIpc) is 3.52. The maximum atomic E-state index is 6.38. The third-order valence-corrected chi connectivity index (χ3v) is 7.16. The number of ether oxygens (including phenoxy) is 1. The Kier molecular flexibility index (Phi) is 5.65. The normalized spacial score (nSPS) is 15.3. The molecule has 164 valence electrons. The first-order valence-electron chi connectivity index (χ1n) is 10.6. The molecule has 7 nitrogen and oxygen atoms in total. The number of thiazole rings is 1. The van der Waals surface area contributed by atoms with E-state index in [9.17, 15) is 0 Å². The van der Waals surface area contributed by atoms with E-state index in [1.165, 1.54) is 22.3 Å². The Morgan fingerprint density at radius 3 is 2.88 bits per heavy atom. The molecule has 1 aromatic carbocycles. The van der Waals surface area contributed by atoms with Crippen molar-refractivity contribution < 1.29 is 4.74 Å². The van der Waals surface area contributed by atoms with Crippen molar-refractivity contribution in [1.29, 1.82) is 0 Å². The number of H-pyrrole nitrogens is 1. The van der Waals surface area contributed by atoms with Crippen LogP contribution in [0.15, 0.2) is 30.6 Å². The van der Waals surface area contributed by atoms with Crippen LogP contribution in [0.25, 0.3) is 21.0 Å². The topological polar surface area (TPSA) is 89.5 Å². The molecule has 0 saturated carbocycles. The van der Waals surface area contributed by atoms with E-state index in [1.807, 2.05) is 26.1 Å². The largest absolute Gasteiger partial charge is 0.474 e. The molecular formula is C23H23ClN6OS. The summed E-state index contributed by atoms with van der Waals surface area (Å²) < 4.78 is 5.64. The van der Waals surface area contributed by atoms with Gasteiger partial charge in [-0.1, -0.05) is 28.9 Å². The van der Waals surface area contributed by atoms with Crippen molar-refractivity contribution in [3.8, 4) is 26.9 Å². The van der Waals surface area contributed by atoms with Gasteiger partial charge in [0.1, 0.15) is 10.0 Å². The molecule has 1 unspecified atom stereocenters. The SMILES string of the molecule is Cc1c(-c2ncc(-c3cnc(OC(C)C)c(Cl)c3)s2)ccc2c1CCC2Cc1nn[nH]n1. The Bertz CT molecular complexity index is 1250. The molecule has 1 atom stereocenters. The fraction of sp³-hybridized carbons (Fsp3) is 0.348. The van der Waals surface area contributed by atoms with E-state index >= 15 is 0 Å². The maximum Gasteiger partial charge on any atom is 0.232 e. The minimum absolute atomic E-state index is 0.0236. The summed E-state index contributed by atoms with van der Waals surface area (Å²) in [6.45, 7) is 6.10. The van der Waals surface area contributed by atoms with Gasteiger partial charge < -0.3 is 4.74 Å². The lowest BCUT2D eigenvalue weighted by Gasteiger charge is -2.12. The molecule has 1 aliphatic rings. The van der Waals surface area contributed by atoms with Crippen LogP contribution in [-0.4, -0.2) is 36.7 Å². The van der Waals surface area contributed by atoms with Crippen molar-refractivity contribution in [2.75, 3.05) is 0 Å². The summed E-state index contributed by atoms with van der Waals surface area (Å²) in [7, 11) is 0. The third kappa shape index (κ3) is 4.00. The number of halogens is 1. The predicted octanol–water partition coefficient (Wildman–Crippen LogP) is 5.41. The van der Waals surface area contributed by atoms with Gasteiger partial charge in [0.25, 0.3) is 0 Å². The van der Waals surface area contributed by atoms with Gasteiger partial charge in [-0.3, -0.25) is 0 Å². The number of benzene rings is 1. The molecule has 32 heavy (non-hydrogen) atoms. The Hall–Kier alpha value is -2.84. The van der Waals surface area contributed by atoms with Crippen molar-refractivity contribution in [1.82, 2.24) is 30.6 Å². The molecule has 1 N–H and O–H groups in total. The number of aromatic nitrogens is 6. The molecule has 0 saturated heterocycles. The number of nitrogens with zero attached hydrogens (tertiary/aromatic N) is 5. The second-order valence-electron chi connectivity index (χ2n) is 8.28. The van der Waals surface area contributed by atoms with Crippen LogP contribution in [-0.2, 0) is 12.8 Å². The van der Waals surface area contributed by atoms with Crippen molar-refractivity contribution in [2.24, 2.45) is 0 Å². The summed E-state index contributed by atoms with van der Waals surface area (Å²) in [6, 6.07) is 6.32. The minimum Gasteiger partial charge on any atom is -0.474 e. The molecule has 0 fully saturated rings. The quantitative estimate of drug-likeness (QED) is 0.408. The van der Waals surface area contributed by atoms with Gasteiger partial charge in [0.05, 0.1) is 11.0 Å². The van der Waals surface area contributed by atoms with E-state index in [1.54, 1.807) is 17.5 Å². The van der Waals surface area contributed by atoms with E-state index in [-0.39, 0.29) is 6.10 Å². The van der Waals surface area contributed by atoms with Gasteiger partial charge in [-0.15, -0.1) is 21.5 Å². The van der Waals surface area contributed by atoms with Crippen LogP contribution in [0.3, 0.4) is 0 Å². The summed E-state index contributed by atoms with van der Waals surface area (Å²) >= 11 is 8.03. The Labute approximate surface area is 195 Å². The molecule has 4 aromatic rings. The maximum absolute atomic E-state index is 6.38. The Morgan fingerprint density at radius 1 is 1.25 bits per heavy atom. The van der Waals surface area contributed by atoms with E-state index in [0.29, 0.717) is 16.8 Å². The second-order valence-corrected chi connectivity index (χ2v) is 9.72. The second kappa shape index (κ2) is 8.60. The minimum atomic E-state index is 0.0236. The van der Waals surface area contributed by atoms with Crippen molar-refractivity contribution >= 4 is 22.9 Å². The standard InChI is InChI=1S/C23H23ClN6OS/c1-12(2)31-22-19(24)8-15(10-25-22)20-11-26-23(32-20)17-6-7-18-14(4-5-16(18)13(17)3)9-21-27-29-30-28-21/h6-8,10-12,14H,4-5,9H2,1-3H3,(H,27,28,29,30). The predicted molar refractivity (Wildman–Crippen MR) is 125 cm³/mol. The summed E-state index contributed by atoms with van der Waals surface area (Å²) in [5.41, 5.74) is 6.24. The highest BCUT2D eigenvalue weighted by atomic mass is 35.5. The van der Waals surface area contributed by atoms with Crippen LogP contribution in [0.1, 0.15) is 48.7 Å². The zero-order chi connectivity index (χ0) is 22.2. The van der Waals surface area contributed by atoms with Crippen molar-refractivity contribution in [3.05, 3.63) is 58.1 Å². The Morgan fingerprint density at radius 2 is 2.12 bits per heavy atom. The number of rotatable bonds is 6. The molecule has 0 spiro atoms. The van der Waals surface area contributed by atoms with Crippen LogP contribution in [0.4, 0.5) is 0 Å². The van der Waals surface area contributed by atoms with Crippen molar-refractivity contribution in [2.45, 2.75) is 52.1 Å². The molecule has 0 radical (unpaired) electrons. The highest BCUT2D eigenvalue weighted by Gasteiger charge is 2.27. The van der Waals surface area contributed by atoms with Gasteiger partial charge in [-0.2, -0.15) is 5.21 Å². The molecule has 5 rings (SSSR count). The molecular weight excluding hydrogens is 444 g/mol. The smallest absolute Gasteiger partial charge is 0.232 e. The van der Waals surface area contributed by atoms with E-state index in [0.717, 1.165) is 40.5 Å². The monoisotopic (exact) mass is 466 g/mol. The summed E-state index contributed by atoms with van der Waals surface area (Å²) in [4.78, 5) is 10.1. The number of nitrogens with one attached hydrogen (secondary N) is 1. The van der Waals surface area contributed by atoms with E-state index < -0.39 is 0 Å². The van der Waals surface area contributed by atoms with Crippen LogP contribution < -0.4 is 4.74 Å². The fourth-order valence-corrected chi connectivity index (χ4v) is 5.49. The molecule has 3 heterocycles. The van der Waals surface area contributed by atoms with Crippen LogP contribution in [0.5, 0.6) is 5.88 Å². The van der Waals surface area contributed by atoms with E-state index in [2.05, 4.69) is 44.7 Å². The van der Waals surface area contributed by atoms with Crippen LogP contribution in [0.2, 0.25) is 5.02 Å². The summed E-state index contributed by atoms with van der Waals surface area (Å²) in [5, 5.41) is 16.0. The molecule has 0 bridgehead atoms. The molecule has 3 aromatic heterocycles. The van der Waals surface area contributed by atoms with E-state index in [4.69, 9.17) is 21.3 Å². The first kappa shape index (κ1) is 21.0. The zero-order valence-corrected chi connectivity index (χ0v) is 19.7. The molecule has 1 aliphatic carbocycles. The number of hydrogen-bond donors (Lipinski definition) is 1. The number of pyridine rings is 1. The molecule has 0 aliphatic heterocycles. The fourth-order valence-electron chi connectivity index (χ4n) is 4.30.